The zero-order chi connectivity index (χ0) is 18.6. The van der Waals surface area contributed by atoms with Crippen molar-refractivity contribution in [2.75, 3.05) is 7.11 Å². The summed E-state index contributed by atoms with van der Waals surface area (Å²) in [4.78, 5) is 22.4. The fourth-order valence-corrected chi connectivity index (χ4v) is 2.75. The van der Waals surface area contributed by atoms with Crippen LogP contribution in [-0.4, -0.2) is 29.3 Å². The van der Waals surface area contributed by atoms with Gasteiger partial charge in [-0.15, -0.1) is 0 Å². The molecule has 0 aromatic heterocycles. The van der Waals surface area contributed by atoms with E-state index in [0.29, 0.717) is 14.7 Å². The maximum Gasteiger partial charge on any atom is 0.312 e. The molecule has 0 atom stereocenters. The molecule has 10 heteroatoms. The number of carbonyl (C=O) groups is 1. The Morgan fingerprint density at radius 3 is 2.68 bits per heavy atom. The molecule has 2 aromatic carbocycles. The van der Waals surface area contributed by atoms with Gasteiger partial charge in [0, 0.05) is 20.6 Å². The zero-order valence-electron chi connectivity index (χ0n) is 12.7. The minimum Gasteiger partial charge on any atom is -0.502 e. The highest BCUT2D eigenvalue weighted by Gasteiger charge is 2.18. The van der Waals surface area contributed by atoms with Crippen LogP contribution in [0, 0.1) is 10.1 Å². The van der Waals surface area contributed by atoms with Crippen LogP contribution in [0.4, 0.5) is 5.69 Å². The number of ether oxygens (including phenoxy) is 1. The summed E-state index contributed by atoms with van der Waals surface area (Å²) in [5.74, 6) is -0.735. The number of nitrogens with one attached hydrogen (secondary N) is 1. The number of nitro benzene ring substituents is 1. The summed E-state index contributed by atoms with van der Waals surface area (Å²) in [6.45, 7) is 0. The van der Waals surface area contributed by atoms with Crippen LogP contribution in [0.5, 0.6) is 11.5 Å². The van der Waals surface area contributed by atoms with Crippen LogP contribution >= 0.6 is 31.9 Å². The fourth-order valence-electron chi connectivity index (χ4n) is 1.92. The highest BCUT2D eigenvalue weighted by atomic mass is 79.9. The molecule has 8 nitrogen and oxygen atoms in total. The normalized spacial score (nSPS) is 10.7. The van der Waals surface area contributed by atoms with E-state index in [1.807, 2.05) is 0 Å². The standard InChI is InChI=1S/C15H11Br2N3O5/c1-25-13-3-2-9(16)5-11(13)15(22)19-18-7-8-4-10(17)6-12(14(8)21)20(23)24/h2-7,21H,1H3,(H,19,22)/b18-7-. The van der Waals surface area contributed by atoms with Crippen LogP contribution in [0.1, 0.15) is 15.9 Å². The summed E-state index contributed by atoms with van der Waals surface area (Å²) < 4.78 is 6.18. The van der Waals surface area contributed by atoms with E-state index in [1.165, 1.54) is 13.2 Å². The Balaban J connectivity index is 2.23. The third-order valence-electron chi connectivity index (χ3n) is 3.06. The van der Waals surface area contributed by atoms with Crippen LogP contribution in [0.3, 0.4) is 0 Å². The van der Waals surface area contributed by atoms with E-state index in [0.717, 1.165) is 12.3 Å². The molecular weight excluding hydrogens is 462 g/mol. The van der Waals surface area contributed by atoms with Gasteiger partial charge in [0.1, 0.15) is 5.75 Å². The molecular formula is C15H11Br2N3O5. The van der Waals surface area contributed by atoms with Crippen LogP contribution in [0.15, 0.2) is 44.4 Å². The number of hydrazone groups is 1. The second-order valence-corrected chi connectivity index (χ2v) is 6.49. The van der Waals surface area contributed by atoms with E-state index in [4.69, 9.17) is 4.74 Å². The number of nitrogens with zero attached hydrogens (tertiary/aromatic N) is 2. The number of hydrogen-bond acceptors (Lipinski definition) is 6. The number of phenols is 1. The molecule has 1 amide bonds. The summed E-state index contributed by atoms with van der Waals surface area (Å²) in [7, 11) is 1.43. The van der Waals surface area contributed by atoms with E-state index in [2.05, 4.69) is 42.4 Å². The first-order chi connectivity index (χ1) is 11.8. The molecule has 0 bridgehead atoms. The van der Waals surface area contributed by atoms with Crippen LogP contribution in [0.25, 0.3) is 0 Å². The summed E-state index contributed by atoms with van der Waals surface area (Å²) in [5.41, 5.74) is 2.12. The topological polar surface area (TPSA) is 114 Å². The van der Waals surface area contributed by atoms with Crippen molar-refractivity contribution < 1.29 is 19.6 Å². The fraction of sp³-hybridized carbons (Fsp3) is 0.0667. The van der Waals surface area contributed by atoms with Crippen molar-refractivity contribution in [2.45, 2.75) is 0 Å². The van der Waals surface area contributed by atoms with Crippen LogP contribution in [0.2, 0.25) is 0 Å². The highest BCUT2D eigenvalue weighted by Crippen LogP contribution is 2.32. The largest absolute Gasteiger partial charge is 0.502 e. The van der Waals surface area contributed by atoms with Crippen molar-refractivity contribution in [1.82, 2.24) is 5.43 Å². The van der Waals surface area contributed by atoms with E-state index in [-0.39, 0.29) is 11.1 Å². The molecule has 0 aliphatic rings. The maximum absolute atomic E-state index is 12.2. The smallest absolute Gasteiger partial charge is 0.312 e. The van der Waals surface area contributed by atoms with E-state index < -0.39 is 22.3 Å². The lowest BCUT2D eigenvalue weighted by molar-refractivity contribution is -0.385. The third-order valence-corrected chi connectivity index (χ3v) is 4.01. The van der Waals surface area contributed by atoms with Crippen molar-refractivity contribution in [3.63, 3.8) is 0 Å². The Hall–Kier alpha value is -2.46. The Labute approximate surface area is 158 Å². The van der Waals surface area contributed by atoms with Gasteiger partial charge in [-0.3, -0.25) is 14.9 Å². The lowest BCUT2D eigenvalue weighted by Crippen LogP contribution is -2.18. The lowest BCUT2D eigenvalue weighted by Gasteiger charge is -2.07. The lowest BCUT2D eigenvalue weighted by atomic mass is 10.2. The monoisotopic (exact) mass is 471 g/mol. The summed E-state index contributed by atoms with van der Waals surface area (Å²) >= 11 is 6.38. The van der Waals surface area contributed by atoms with Gasteiger partial charge in [-0.2, -0.15) is 5.10 Å². The number of amides is 1. The van der Waals surface area contributed by atoms with Gasteiger partial charge in [0.15, 0.2) is 0 Å². The Morgan fingerprint density at radius 2 is 2.04 bits per heavy atom. The van der Waals surface area contributed by atoms with Crippen molar-refractivity contribution in [2.24, 2.45) is 5.10 Å². The molecule has 0 radical (unpaired) electrons. The number of halogens is 2. The molecule has 130 valence electrons. The maximum atomic E-state index is 12.2. The molecule has 0 saturated carbocycles. The number of aromatic hydroxyl groups is 1. The summed E-state index contributed by atoms with van der Waals surface area (Å²) in [6.07, 6.45) is 1.11. The molecule has 0 aliphatic carbocycles. The molecule has 2 N–H and O–H groups in total. The molecule has 25 heavy (non-hydrogen) atoms. The van der Waals surface area contributed by atoms with Crippen molar-refractivity contribution in [3.05, 3.63) is 60.5 Å². The number of hydrogen-bond donors (Lipinski definition) is 2. The Kier molecular flexibility index (Phi) is 6.10. The van der Waals surface area contributed by atoms with E-state index in [1.54, 1.807) is 18.2 Å². The summed E-state index contributed by atoms with van der Waals surface area (Å²) in [5, 5.41) is 24.5. The van der Waals surface area contributed by atoms with Crippen LogP contribution in [-0.2, 0) is 0 Å². The SMILES string of the molecule is COc1ccc(Br)cc1C(=O)N/N=C\c1cc(Br)cc([N+](=O)[O-])c1O. The first kappa shape index (κ1) is 18.9. The molecule has 0 saturated heterocycles. The Bertz CT molecular complexity index is 870. The minimum atomic E-state index is -0.720. The average Bonchev–Trinajstić information content (AvgIpc) is 2.57. The zero-order valence-corrected chi connectivity index (χ0v) is 15.9. The molecule has 2 aromatic rings. The second kappa shape index (κ2) is 8.08. The molecule has 0 fully saturated rings. The molecule has 0 heterocycles. The average molecular weight is 473 g/mol. The van der Waals surface area contributed by atoms with Gasteiger partial charge in [0.25, 0.3) is 5.91 Å². The van der Waals surface area contributed by atoms with Crippen LogP contribution < -0.4 is 10.2 Å². The first-order valence-electron chi connectivity index (χ1n) is 6.67. The predicted octanol–water partition coefficient (Wildman–Crippen LogP) is 3.60. The Morgan fingerprint density at radius 1 is 1.32 bits per heavy atom. The number of methoxy groups -OCH3 is 1. The summed E-state index contributed by atoms with van der Waals surface area (Å²) in [6, 6.07) is 7.49. The quantitative estimate of drug-likeness (QED) is 0.392. The van der Waals surface area contributed by atoms with Gasteiger partial charge in [0.05, 0.1) is 23.8 Å². The first-order valence-corrected chi connectivity index (χ1v) is 8.26. The van der Waals surface area contributed by atoms with Crippen molar-refractivity contribution in [1.29, 1.82) is 0 Å². The van der Waals surface area contributed by atoms with E-state index in [9.17, 15) is 20.0 Å². The number of phenolic OH excluding ortho intramolecular Hbond substituents is 1. The number of carbonyl (C=O) groups excluding carboxylic acids is 1. The van der Waals surface area contributed by atoms with Crippen molar-refractivity contribution >= 4 is 49.7 Å². The van der Waals surface area contributed by atoms with E-state index >= 15 is 0 Å². The van der Waals surface area contributed by atoms with Gasteiger partial charge in [-0.1, -0.05) is 31.9 Å². The van der Waals surface area contributed by atoms with Gasteiger partial charge in [0.2, 0.25) is 5.75 Å². The van der Waals surface area contributed by atoms with Gasteiger partial charge in [-0.05, 0) is 24.3 Å². The van der Waals surface area contributed by atoms with Gasteiger partial charge >= 0.3 is 5.69 Å². The van der Waals surface area contributed by atoms with Crippen molar-refractivity contribution in [3.8, 4) is 11.5 Å². The second-order valence-electron chi connectivity index (χ2n) is 4.66. The number of rotatable bonds is 5. The minimum absolute atomic E-state index is 0.0718. The van der Waals surface area contributed by atoms with Gasteiger partial charge in [-0.25, -0.2) is 5.43 Å². The van der Waals surface area contributed by atoms with Gasteiger partial charge < -0.3 is 9.84 Å². The molecule has 0 aliphatic heterocycles. The predicted molar refractivity (Wildman–Crippen MR) is 98.2 cm³/mol. The third kappa shape index (κ3) is 4.54. The highest BCUT2D eigenvalue weighted by molar-refractivity contribution is 9.10. The number of benzene rings is 2. The number of nitro groups is 1. The molecule has 2 rings (SSSR count). The molecule has 0 unspecified atom stereocenters. The molecule has 0 spiro atoms.